The van der Waals surface area contributed by atoms with E-state index in [0.29, 0.717) is 0 Å². The minimum absolute atomic E-state index is 0.157. The predicted octanol–water partition coefficient (Wildman–Crippen LogP) is 4.80. The van der Waals surface area contributed by atoms with Crippen molar-refractivity contribution < 1.29 is 18.9 Å². The van der Waals surface area contributed by atoms with Crippen molar-refractivity contribution in [1.82, 2.24) is 0 Å². The molecular formula is C16H31O4P. The SMILES string of the molecule is C#CCCCCCCCCCCCCCCOP(=O)(O)O. The van der Waals surface area contributed by atoms with E-state index in [4.69, 9.17) is 16.2 Å². The Hall–Kier alpha value is -0.330. The average Bonchev–Trinajstić information content (AvgIpc) is 2.42. The highest BCUT2D eigenvalue weighted by Gasteiger charge is 2.12. The average molecular weight is 318 g/mol. The monoisotopic (exact) mass is 318 g/mol. The van der Waals surface area contributed by atoms with Gasteiger partial charge in [0, 0.05) is 6.42 Å². The van der Waals surface area contributed by atoms with Gasteiger partial charge in [0.25, 0.3) is 0 Å². The molecule has 0 aliphatic rings. The molecule has 0 aliphatic carbocycles. The van der Waals surface area contributed by atoms with E-state index < -0.39 is 7.82 Å². The molecule has 0 atom stereocenters. The quantitative estimate of drug-likeness (QED) is 0.258. The lowest BCUT2D eigenvalue weighted by atomic mass is 10.0. The highest BCUT2D eigenvalue weighted by atomic mass is 31.2. The molecule has 0 heterocycles. The van der Waals surface area contributed by atoms with E-state index in [1.54, 1.807) is 0 Å². The Kier molecular flexibility index (Phi) is 14.4. The third-order valence-corrected chi connectivity index (χ3v) is 3.99. The van der Waals surface area contributed by atoms with Gasteiger partial charge in [0.15, 0.2) is 0 Å². The second-order valence-electron chi connectivity index (χ2n) is 5.52. The smallest absolute Gasteiger partial charge is 0.303 e. The molecule has 0 aromatic rings. The van der Waals surface area contributed by atoms with Gasteiger partial charge in [-0.15, -0.1) is 12.3 Å². The first-order valence-corrected chi connectivity index (χ1v) is 9.73. The van der Waals surface area contributed by atoms with Crippen molar-refractivity contribution in [3.8, 4) is 12.3 Å². The van der Waals surface area contributed by atoms with Gasteiger partial charge in [0.2, 0.25) is 0 Å². The summed E-state index contributed by atoms with van der Waals surface area (Å²) in [5.41, 5.74) is 0. The van der Waals surface area contributed by atoms with Crippen LogP contribution in [0, 0.1) is 12.3 Å². The lowest BCUT2D eigenvalue weighted by Gasteiger charge is -2.05. The van der Waals surface area contributed by atoms with Crippen LogP contribution < -0.4 is 0 Å². The van der Waals surface area contributed by atoms with Gasteiger partial charge in [0.05, 0.1) is 6.61 Å². The summed E-state index contributed by atoms with van der Waals surface area (Å²) in [6, 6.07) is 0. The maximum absolute atomic E-state index is 10.4. The Labute approximate surface area is 129 Å². The van der Waals surface area contributed by atoms with Crippen LogP contribution in [0.2, 0.25) is 0 Å². The lowest BCUT2D eigenvalue weighted by Crippen LogP contribution is -1.92. The summed E-state index contributed by atoms with van der Waals surface area (Å²) < 4.78 is 14.8. The molecule has 0 amide bonds. The molecule has 0 saturated carbocycles. The minimum Gasteiger partial charge on any atom is -0.303 e. The van der Waals surface area contributed by atoms with Gasteiger partial charge in [-0.05, 0) is 12.8 Å². The summed E-state index contributed by atoms with van der Waals surface area (Å²) in [5.74, 6) is 2.67. The van der Waals surface area contributed by atoms with Crippen molar-refractivity contribution in [3.63, 3.8) is 0 Å². The molecule has 0 unspecified atom stereocenters. The molecule has 0 aromatic carbocycles. The first-order valence-electron chi connectivity index (χ1n) is 8.20. The molecule has 0 bridgehead atoms. The van der Waals surface area contributed by atoms with Crippen molar-refractivity contribution in [1.29, 1.82) is 0 Å². The first kappa shape index (κ1) is 20.7. The highest BCUT2D eigenvalue weighted by molar-refractivity contribution is 7.46. The molecule has 4 nitrogen and oxygen atoms in total. The molecule has 0 aliphatic heterocycles. The van der Waals surface area contributed by atoms with Gasteiger partial charge in [0.1, 0.15) is 0 Å². The fraction of sp³-hybridized carbons (Fsp3) is 0.875. The highest BCUT2D eigenvalue weighted by Crippen LogP contribution is 2.35. The molecule has 0 saturated heterocycles. The zero-order valence-electron chi connectivity index (χ0n) is 13.1. The molecule has 124 valence electrons. The fourth-order valence-electron chi connectivity index (χ4n) is 2.28. The van der Waals surface area contributed by atoms with Gasteiger partial charge in [-0.1, -0.05) is 64.2 Å². The van der Waals surface area contributed by atoms with E-state index >= 15 is 0 Å². The van der Waals surface area contributed by atoms with Crippen molar-refractivity contribution in [2.75, 3.05) is 6.61 Å². The Morgan fingerprint density at radius 3 is 1.52 bits per heavy atom. The number of phosphoric acid groups is 1. The summed E-state index contributed by atoms with van der Waals surface area (Å²) in [4.78, 5) is 17.0. The van der Waals surface area contributed by atoms with Crippen molar-refractivity contribution in [3.05, 3.63) is 0 Å². The number of unbranched alkanes of at least 4 members (excludes halogenated alkanes) is 12. The second-order valence-corrected chi connectivity index (χ2v) is 6.76. The molecule has 0 radical (unpaired) electrons. The topological polar surface area (TPSA) is 66.8 Å². The minimum atomic E-state index is -4.26. The zero-order valence-corrected chi connectivity index (χ0v) is 14.0. The third-order valence-electron chi connectivity index (χ3n) is 3.47. The number of rotatable bonds is 15. The van der Waals surface area contributed by atoms with E-state index in [1.807, 2.05) is 0 Å². The maximum Gasteiger partial charge on any atom is 0.469 e. The van der Waals surface area contributed by atoms with Crippen LogP contribution in [0.1, 0.15) is 83.5 Å². The van der Waals surface area contributed by atoms with Crippen LogP contribution in [0.15, 0.2) is 0 Å². The Morgan fingerprint density at radius 2 is 1.14 bits per heavy atom. The predicted molar refractivity (Wildman–Crippen MR) is 86.9 cm³/mol. The van der Waals surface area contributed by atoms with Crippen LogP contribution in [-0.4, -0.2) is 16.4 Å². The number of hydrogen-bond acceptors (Lipinski definition) is 2. The molecule has 5 heteroatoms. The van der Waals surface area contributed by atoms with Gasteiger partial charge >= 0.3 is 7.82 Å². The molecule has 0 rings (SSSR count). The number of terminal acetylenes is 1. The Morgan fingerprint density at radius 1 is 0.762 bits per heavy atom. The van der Waals surface area contributed by atoms with Gasteiger partial charge in [-0.3, -0.25) is 4.52 Å². The van der Waals surface area contributed by atoms with Crippen LogP contribution in [0.3, 0.4) is 0 Å². The molecule has 0 spiro atoms. The van der Waals surface area contributed by atoms with E-state index in [0.717, 1.165) is 25.7 Å². The van der Waals surface area contributed by atoms with E-state index in [2.05, 4.69) is 10.4 Å². The van der Waals surface area contributed by atoms with Crippen LogP contribution in [0.5, 0.6) is 0 Å². The molecule has 21 heavy (non-hydrogen) atoms. The summed E-state index contributed by atoms with van der Waals surface area (Å²) in [6.07, 6.45) is 20.4. The standard InChI is InChI=1S/C16H31O4P/c1-2-3-4-5-6-7-8-9-10-11-12-13-14-15-16-20-21(17,18)19/h1H,3-16H2,(H2,17,18,19). The number of hydrogen-bond donors (Lipinski definition) is 2. The van der Waals surface area contributed by atoms with E-state index in [-0.39, 0.29) is 6.61 Å². The summed E-state index contributed by atoms with van der Waals surface area (Å²) >= 11 is 0. The zero-order chi connectivity index (χ0) is 15.8. The van der Waals surface area contributed by atoms with Crippen LogP contribution in [0.25, 0.3) is 0 Å². The maximum atomic E-state index is 10.4. The van der Waals surface area contributed by atoms with Crippen molar-refractivity contribution in [2.45, 2.75) is 83.5 Å². The summed E-state index contributed by atoms with van der Waals surface area (Å²) in [5, 5.41) is 0. The fourth-order valence-corrected chi connectivity index (χ4v) is 2.65. The Balaban J connectivity index is 3.03. The normalized spacial score (nSPS) is 11.5. The van der Waals surface area contributed by atoms with Crippen LogP contribution in [0.4, 0.5) is 0 Å². The summed E-state index contributed by atoms with van der Waals surface area (Å²) in [7, 11) is -4.26. The van der Waals surface area contributed by atoms with Crippen LogP contribution in [-0.2, 0) is 9.09 Å². The Bertz CT molecular complexity index is 306. The van der Waals surface area contributed by atoms with Gasteiger partial charge < -0.3 is 9.79 Å². The molecule has 0 fully saturated rings. The third kappa shape index (κ3) is 19.7. The largest absolute Gasteiger partial charge is 0.469 e. The second kappa shape index (κ2) is 14.6. The van der Waals surface area contributed by atoms with E-state index in [9.17, 15) is 4.57 Å². The van der Waals surface area contributed by atoms with Gasteiger partial charge in [-0.2, -0.15) is 0 Å². The van der Waals surface area contributed by atoms with Gasteiger partial charge in [-0.25, -0.2) is 4.57 Å². The molecular weight excluding hydrogens is 287 g/mol. The van der Waals surface area contributed by atoms with E-state index in [1.165, 1.54) is 57.8 Å². The van der Waals surface area contributed by atoms with Crippen molar-refractivity contribution in [2.24, 2.45) is 0 Å². The first-order chi connectivity index (χ1) is 10.1. The summed E-state index contributed by atoms with van der Waals surface area (Å²) in [6.45, 7) is 0.157. The van der Waals surface area contributed by atoms with Crippen molar-refractivity contribution >= 4 is 7.82 Å². The van der Waals surface area contributed by atoms with Crippen LogP contribution >= 0.6 is 7.82 Å². The molecule has 0 aromatic heterocycles. The molecule has 2 N–H and O–H groups in total. The lowest BCUT2D eigenvalue weighted by molar-refractivity contribution is 0.193. The number of phosphoric ester groups is 1.